The van der Waals surface area contributed by atoms with Gasteiger partial charge in [0.1, 0.15) is 0 Å². The number of rotatable bonds is 4. The van der Waals surface area contributed by atoms with Crippen molar-refractivity contribution in [2.75, 3.05) is 0 Å². The van der Waals surface area contributed by atoms with Gasteiger partial charge in [-0.15, -0.1) is 0 Å². The van der Waals surface area contributed by atoms with Gasteiger partial charge < -0.3 is 0 Å². The Balaban J connectivity index is 2.37. The molecule has 0 fully saturated rings. The number of benzene rings is 1. The number of allylic oxidation sites excluding steroid dienone is 1. The molecule has 2 rings (SSSR count). The summed E-state index contributed by atoms with van der Waals surface area (Å²) in [5.41, 5.74) is 3.74. The molecule has 0 saturated heterocycles. The molecule has 90 valence electrons. The second-order valence-electron chi connectivity index (χ2n) is 4.67. The van der Waals surface area contributed by atoms with Crippen LogP contribution in [0.25, 0.3) is 6.08 Å². The van der Waals surface area contributed by atoms with Crippen molar-refractivity contribution in [2.24, 2.45) is 10.9 Å². The van der Waals surface area contributed by atoms with Gasteiger partial charge in [0, 0.05) is 11.6 Å². The molecule has 0 amide bonds. The molecule has 1 aliphatic heterocycles. The maximum atomic E-state index is 4.88. The zero-order valence-corrected chi connectivity index (χ0v) is 10.8. The van der Waals surface area contributed by atoms with Gasteiger partial charge in [-0.05, 0) is 24.5 Å². The van der Waals surface area contributed by atoms with E-state index in [1.165, 1.54) is 30.5 Å². The highest BCUT2D eigenvalue weighted by Crippen LogP contribution is 2.28. The molecule has 1 aliphatic rings. The highest BCUT2D eigenvalue weighted by atomic mass is 14.8. The molecule has 0 saturated carbocycles. The van der Waals surface area contributed by atoms with Crippen molar-refractivity contribution < 1.29 is 0 Å². The van der Waals surface area contributed by atoms with Crippen LogP contribution in [0.15, 0.2) is 35.3 Å². The first-order chi connectivity index (χ1) is 8.35. The second kappa shape index (κ2) is 5.81. The standard InChI is InChI=1S/C16H21N/c1-3-7-13-11-12-14-9-5-6-10-16(14)17-15(13)8-4-2/h5-6,9-13H,3-4,7-8H2,1-2H3. The highest BCUT2D eigenvalue weighted by Gasteiger charge is 2.15. The van der Waals surface area contributed by atoms with Gasteiger partial charge >= 0.3 is 0 Å². The first-order valence-electron chi connectivity index (χ1n) is 6.69. The van der Waals surface area contributed by atoms with E-state index in [1.807, 2.05) is 0 Å². The van der Waals surface area contributed by atoms with E-state index < -0.39 is 0 Å². The van der Waals surface area contributed by atoms with Crippen molar-refractivity contribution in [1.29, 1.82) is 0 Å². The largest absolute Gasteiger partial charge is 0.257 e. The van der Waals surface area contributed by atoms with Crippen molar-refractivity contribution in [3.63, 3.8) is 0 Å². The predicted molar refractivity (Wildman–Crippen MR) is 75.9 cm³/mol. The average Bonchev–Trinajstić information content (AvgIpc) is 2.51. The first kappa shape index (κ1) is 12.1. The van der Waals surface area contributed by atoms with Crippen LogP contribution in [0.2, 0.25) is 0 Å². The smallest absolute Gasteiger partial charge is 0.0701 e. The summed E-state index contributed by atoms with van der Waals surface area (Å²) in [6.07, 6.45) is 9.29. The Morgan fingerprint density at radius 3 is 2.71 bits per heavy atom. The molecule has 0 radical (unpaired) electrons. The maximum Gasteiger partial charge on any atom is 0.0701 e. The summed E-state index contributed by atoms with van der Waals surface area (Å²) in [5, 5.41) is 0. The van der Waals surface area contributed by atoms with E-state index in [9.17, 15) is 0 Å². The summed E-state index contributed by atoms with van der Waals surface area (Å²) in [6.45, 7) is 4.47. The van der Waals surface area contributed by atoms with Crippen LogP contribution in [0.3, 0.4) is 0 Å². The van der Waals surface area contributed by atoms with Gasteiger partial charge in [-0.3, -0.25) is 4.99 Å². The van der Waals surface area contributed by atoms with E-state index in [-0.39, 0.29) is 0 Å². The highest BCUT2D eigenvalue weighted by molar-refractivity contribution is 5.93. The number of aliphatic imine (C=N–C) groups is 1. The molecule has 1 heteroatoms. The molecular weight excluding hydrogens is 206 g/mol. The van der Waals surface area contributed by atoms with Gasteiger partial charge in [-0.25, -0.2) is 0 Å². The molecule has 0 aliphatic carbocycles. The fraction of sp³-hybridized carbons (Fsp3) is 0.438. The summed E-state index contributed by atoms with van der Waals surface area (Å²) >= 11 is 0. The molecule has 0 bridgehead atoms. The number of para-hydroxylation sites is 1. The van der Waals surface area contributed by atoms with Gasteiger partial charge in [-0.1, -0.05) is 57.0 Å². The number of nitrogens with zero attached hydrogens (tertiary/aromatic N) is 1. The van der Waals surface area contributed by atoms with Crippen molar-refractivity contribution in [1.82, 2.24) is 0 Å². The quantitative estimate of drug-likeness (QED) is 0.686. The van der Waals surface area contributed by atoms with Crippen molar-refractivity contribution >= 4 is 17.5 Å². The topological polar surface area (TPSA) is 12.4 Å². The second-order valence-corrected chi connectivity index (χ2v) is 4.67. The lowest BCUT2D eigenvalue weighted by molar-refractivity contribution is 0.707. The molecular formula is C16H21N. The van der Waals surface area contributed by atoms with Crippen LogP contribution < -0.4 is 0 Å². The number of fused-ring (bicyclic) bond motifs is 1. The van der Waals surface area contributed by atoms with Crippen LogP contribution >= 0.6 is 0 Å². The fourth-order valence-electron chi connectivity index (χ4n) is 2.37. The Hall–Kier alpha value is -1.37. The van der Waals surface area contributed by atoms with Gasteiger partial charge in [0.05, 0.1) is 5.69 Å². The summed E-state index contributed by atoms with van der Waals surface area (Å²) in [7, 11) is 0. The van der Waals surface area contributed by atoms with Crippen LogP contribution in [0.4, 0.5) is 5.69 Å². The van der Waals surface area contributed by atoms with Gasteiger partial charge in [-0.2, -0.15) is 0 Å². The monoisotopic (exact) mass is 227 g/mol. The Bertz CT molecular complexity index is 429. The van der Waals surface area contributed by atoms with Crippen LogP contribution in [-0.2, 0) is 0 Å². The molecule has 0 spiro atoms. The molecule has 1 unspecified atom stereocenters. The molecule has 1 atom stereocenters. The van der Waals surface area contributed by atoms with E-state index in [0.29, 0.717) is 5.92 Å². The molecule has 1 aromatic rings. The average molecular weight is 227 g/mol. The lowest BCUT2D eigenvalue weighted by Crippen LogP contribution is -2.11. The van der Waals surface area contributed by atoms with Gasteiger partial charge in [0.15, 0.2) is 0 Å². The van der Waals surface area contributed by atoms with E-state index in [4.69, 9.17) is 4.99 Å². The van der Waals surface area contributed by atoms with Crippen molar-refractivity contribution in [2.45, 2.75) is 39.5 Å². The van der Waals surface area contributed by atoms with E-state index in [1.54, 1.807) is 0 Å². The minimum absolute atomic E-state index is 0.535. The normalized spacial score (nSPS) is 18.5. The van der Waals surface area contributed by atoms with Crippen LogP contribution in [-0.4, -0.2) is 5.71 Å². The number of hydrogen-bond donors (Lipinski definition) is 0. The summed E-state index contributed by atoms with van der Waals surface area (Å²) in [6, 6.07) is 8.41. The first-order valence-corrected chi connectivity index (χ1v) is 6.69. The third-order valence-electron chi connectivity index (χ3n) is 3.24. The van der Waals surface area contributed by atoms with Crippen LogP contribution in [0, 0.1) is 5.92 Å². The Labute approximate surface area is 104 Å². The molecule has 17 heavy (non-hydrogen) atoms. The minimum Gasteiger partial charge on any atom is -0.257 e. The molecule has 0 N–H and O–H groups in total. The van der Waals surface area contributed by atoms with Gasteiger partial charge in [0.2, 0.25) is 0 Å². The molecule has 0 aromatic heterocycles. The fourth-order valence-corrected chi connectivity index (χ4v) is 2.37. The maximum absolute atomic E-state index is 4.88. The SMILES string of the molecule is CCCC1=Nc2ccccc2C=CC1CCC. The Morgan fingerprint density at radius 1 is 1.12 bits per heavy atom. The lowest BCUT2D eigenvalue weighted by Gasteiger charge is -2.13. The molecule has 1 nitrogen and oxygen atoms in total. The number of hydrogen-bond acceptors (Lipinski definition) is 1. The zero-order valence-electron chi connectivity index (χ0n) is 10.8. The van der Waals surface area contributed by atoms with Crippen LogP contribution in [0.5, 0.6) is 0 Å². The van der Waals surface area contributed by atoms with E-state index in [2.05, 4.69) is 50.3 Å². The minimum atomic E-state index is 0.535. The summed E-state index contributed by atoms with van der Waals surface area (Å²) in [5.74, 6) is 0.535. The third kappa shape index (κ3) is 2.85. The Kier molecular flexibility index (Phi) is 4.13. The molecule has 1 heterocycles. The van der Waals surface area contributed by atoms with E-state index in [0.717, 1.165) is 12.1 Å². The Morgan fingerprint density at radius 2 is 1.94 bits per heavy atom. The lowest BCUT2D eigenvalue weighted by atomic mass is 9.94. The summed E-state index contributed by atoms with van der Waals surface area (Å²) < 4.78 is 0. The van der Waals surface area contributed by atoms with Gasteiger partial charge in [0.25, 0.3) is 0 Å². The van der Waals surface area contributed by atoms with Crippen molar-refractivity contribution in [3.8, 4) is 0 Å². The van der Waals surface area contributed by atoms with Crippen LogP contribution in [0.1, 0.15) is 45.1 Å². The predicted octanol–water partition coefficient (Wildman–Crippen LogP) is 5.00. The molecule has 1 aromatic carbocycles. The van der Waals surface area contributed by atoms with Crippen molar-refractivity contribution in [3.05, 3.63) is 35.9 Å². The zero-order chi connectivity index (χ0) is 12.1. The third-order valence-corrected chi connectivity index (χ3v) is 3.24. The summed E-state index contributed by atoms with van der Waals surface area (Å²) in [4.78, 5) is 4.88. The van der Waals surface area contributed by atoms with E-state index >= 15 is 0 Å².